The molecule has 2 rings (SSSR count). The fourth-order valence-electron chi connectivity index (χ4n) is 2.35. The van der Waals surface area contributed by atoms with E-state index in [0.717, 1.165) is 0 Å². The van der Waals surface area contributed by atoms with Gasteiger partial charge in [0, 0.05) is 37.1 Å². The van der Waals surface area contributed by atoms with E-state index in [1.165, 1.54) is 10.6 Å². The number of aryl methyl sites for hydroxylation is 2. The molecule has 80 valence electrons. The van der Waals surface area contributed by atoms with Gasteiger partial charge in [0.15, 0.2) is 8.07 Å². The van der Waals surface area contributed by atoms with Gasteiger partial charge >= 0.3 is 0 Å². The highest BCUT2D eigenvalue weighted by molar-refractivity contribution is 6.99. The van der Waals surface area contributed by atoms with E-state index in [9.17, 15) is 0 Å². The second-order valence-electron chi connectivity index (χ2n) is 4.63. The van der Waals surface area contributed by atoms with E-state index in [1.807, 2.05) is 0 Å². The Hall–Kier alpha value is -1.22. The molecule has 0 saturated heterocycles. The van der Waals surface area contributed by atoms with Crippen LogP contribution in [0.4, 0.5) is 0 Å². The van der Waals surface area contributed by atoms with Gasteiger partial charge in [0.25, 0.3) is 0 Å². The normalized spacial score (nSPS) is 12.0. The summed E-state index contributed by atoms with van der Waals surface area (Å²) in [6, 6.07) is 8.76. The summed E-state index contributed by atoms with van der Waals surface area (Å²) in [5, 5.41) is 2.95. The van der Waals surface area contributed by atoms with Gasteiger partial charge in [-0.15, -0.1) is 0 Å². The summed E-state index contributed by atoms with van der Waals surface area (Å²) in [6.45, 7) is 4.80. The van der Waals surface area contributed by atoms with Gasteiger partial charge in [-0.2, -0.15) is 0 Å². The van der Waals surface area contributed by atoms with Gasteiger partial charge < -0.3 is 9.13 Å². The summed E-state index contributed by atoms with van der Waals surface area (Å²) in [4.78, 5) is 0. The fourth-order valence-corrected chi connectivity index (χ4v) is 5.55. The Labute approximate surface area is 92.2 Å². The smallest absolute Gasteiger partial charge is 0.153 e. The molecule has 0 fully saturated rings. The Kier molecular flexibility index (Phi) is 2.35. The standard InChI is InChI=1S/C12H18N2Si/c1-13-9-5-7-11(13)15(3,4)12-8-6-10-14(12)2/h5-10H,1-4H3. The van der Waals surface area contributed by atoms with Crippen LogP contribution in [-0.2, 0) is 14.1 Å². The summed E-state index contributed by atoms with van der Waals surface area (Å²) < 4.78 is 4.50. The van der Waals surface area contributed by atoms with Crippen molar-refractivity contribution in [3.05, 3.63) is 36.7 Å². The predicted octanol–water partition coefficient (Wildman–Crippen LogP) is 1.19. The van der Waals surface area contributed by atoms with Crippen LogP contribution in [0, 0.1) is 0 Å². The lowest BCUT2D eigenvalue weighted by Gasteiger charge is -2.24. The van der Waals surface area contributed by atoms with Crippen LogP contribution in [0.2, 0.25) is 13.1 Å². The molecule has 0 aliphatic heterocycles. The first-order valence-electron chi connectivity index (χ1n) is 5.27. The fraction of sp³-hybridized carbons (Fsp3) is 0.333. The number of hydrogen-bond acceptors (Lipinski definition) is 0. The minimum Gasteiger partial charge on any atom is -0.358 e. The maximum absolute atomic E-state index is 2.40. The molecule has 2 nitrogen and oxygen atoms in total. The maximum Gasteiger partial charge on any atom is 0.153 e. The van der Waals surface area contributed by atoms with Crippen molar-refractivity contribution in [2.24, 2.45) is 14.1 Å². The van der Waals surface area contributed by atoms with Crippen molar-refractivity contribution in [3.8, 4) is 0 Å². The molecule has 0 saturated carbocycles. The third-order valence-electron chi connectivity index (χ3n) is 3.17. The van der Waals surface area contributed by atoms with E-state index in [0.29, 0.717) is 0 Å². The Morgan fingerprint density at radius 2 is 1.27 bits per heavy atom. The Morgan fingerprint density at radius 1 is 0.867 bits per heavy atom. The molecule has 0 bridgehead atoms. The Bertz CT molecular complexity index is 423. The molecular weight excluding hydrogens is 200 g/mol. The van der Waals surface area contributed by atoms with E-state index in [1.54, 1.807) is 0 Å². The Balaban J connectivity index is 2.53. The van der Waals surface area contributed by atoms with E-state index in [4.69, 9.17) is 0 Å². The van der Waals surface area contributed by atoms with Gasteiger partial charge in [-0.1, -0.05) is 13.1 Å². The van der Waals surface area contributed by atoms with Gasteiger partial charge in [0.1, 0.15) is 0 Å². The van der Waals surface area contributed by atoms with Crippen molar-refractivity contribution in [1.29, 1.82) is 0 Å². The number of nitrogens with zero attached hydrogens (tertiary/aromatic N) is 2. The zero-order valence-corrected chi connectivity index (χ0v) is 10.9. The number of aromatic nitrogens is 2. The quantitative estimate of drug-likeness (QED) is 0.670. The zero-order valence-electron chi connectivity index (χ0n) is 9.86. The minimum atomic E-state index is -1.51. The summed E-state index contributed by atoms with van der Waals surface area (Å²) in [7, 11) is 2.75. The highest BCUT2D eigenvalue weighted by Crippen LogP contribution is 2.04. The van der Waals surface area contributed by atoms with Gasteiger partial charge in [0.2, 0.25) is 0 Å². The topological polar surface area (TPSA) is 9.86 Å². The first-order valence-corrected chi connectivity index (χ1v) is 8.27. The lowest BCUT2D eigenvalue weighted by molar-refractivity contribution is 0.939. The van der Waals surface area contributed by atoms with E-state index >= 15 is 0 Å². The maximum atomic E-state index is 2.40. The number of rotatable bonds is 2. The van der Waals surface area contributed by atoms with Crippen LogP contribution >= 0.6 is 0 Å². The Morgan fingerprint density at radius 3 is 1.53 bits per heavy atom. The van der Waals surface area contributed by atoms with Crippen LogP contribution in [0.5, 0.6) is 0 Å². The molecule has 0 aromatic carbocycles. The van der Waals surface area contributed by atoms with Crippen molar-refractivity contribution in [1.82, 2.24) is 9.13 Å². The molecule has 2 aromatic rings. The van der Waals surface area contributed by atoms with Gasteiger partial charge in [-0.05, 0) is 24.3 Å². The third-order valence-corrected chi connectivity index (χ3v) is 6.77. The van der Waals surface area contributed by atoms with Gasteiger partial charge in [-0.3, -0.25) is 0 Å². The largest absolute Gasteiger partial charge is 0.358 e. The summed E-state index contributed by atoms with van der Waals surface area (Å²) in [5.74, 6) is 0. The van der Waals surface area contributed by atoms with Crippen molar-refractivity contribution in [2.45, 2.75) is 13.1 Å². The summed E-state index contributed by atoms with van der Waals surface area (Å²) in [6.07, 6.45) is 4.26. The average molecular weight is 218 g/mol. The third kappa shape index (κ3) is 1.57. The summed E-state index contributed by atoms with van der Waals surface area (Å²) in [5.41, 5.74) is 0. The molecule has 0 aliphatic carbocycles. The van der Waals surface area contributed by atoms with Crippen molar-refractivity contribution in [3.63, 3.8) is 0 Å². The zero-order chi connectivity index (χ0) is 11.1. The van der Waals surface area contributed by atoms with Crippen LogP contribution in [0.25, 0.3) is 0 Å². The van der Waals surface area contributed by atoms with E-state index < -0.39 is 8.07 Å². The van der Waals surface area contributed by atoms with E-state index in [-0.39, 0.29) is 0 Å². The van der Waals surface area contributed by atoms with Crippen LogP contribution in [0.15, 0.2) is 36.7 Å². The molecule has 2 aromatic heterocycles. The molecule has 0 atom stereocenters. The molecule has 15 heavy (non-hydrogen) atoms. The first-order chi connectivity index (χ1) is 7.03. The second-order valence-corrected chi connectivity index (χ2v) is 8.91. The molecule has 0 N–H and O–H groups in total. The highest BCUT2D eigenvalue weighted by Gasteiger charge is 2.30. The van der Waals surface area contributed by atoms with Crippen LogP contribution in [-0.4, -0.2) is 17.2 Å². The molecule has 0 unspecified atom stereocenters. The minimum absolute atomic E-state index is 1.48. The van der Waals surface area contributed by atoms with E-state index in [2.05, 4.69) is 73.0 Å². The average Bonchev–Trinajstić information content (AvgIpc) is 2.73. The van der Waals surface area contributed by atoms with Crippen molar-refractivity contribution in [2.75, 3.05) is 0 Å². The molecule has 0 radical (unpaired) electrons. The lowest BCUT2D eigenvalue weighted by atomic mass is 10.7. The molecule has 0 amide bonds. The van der Waals surface area contributed by atoms with Crippen molar-refractivity contribution >= 4 is 18.7 Å². The van der Waals surface area contributed by atoms with Crippen LogP contribution in [0.3, 0.4) is 0 Å². The summed E-state index contributed by atoms with van der Waals surface area (Å²) >= 11 is 0. The molecule has 3 heteroatoms. The molecule has 0 spiro atoms. The molecule has 2 heterocycles. The lowest BCUT2D eigenvalue weighted by Crippen LogP contribution is -2.57. The number of hydrogen-bond donors (Lipinski definition) is 0. The van der Waals surface area contributed by atoms with Crippen LogP contribution < -0.4 is 10.6 Å². The molecular formula is C12H18N2Si. The van der Waals surface area contributed by atoms with Gasteiger partial charge in [-0.25, -0.2) is 0 Å². The molecule has 0 aliphatic rings. The first kappa shape index (κ1) is 10.3. The van der Waals surface area contributed by atoms with Gasteiger partial charge in [0.05, 0.1) is 0 Å². The second kappa shape index (κ2) is 3.42. The predicted molar refractivity (Wildman–Crippen MR) is 67.6 cm³/mol. The van der Waals surface area contributed by atoms with Crippen molar-refractivity contribution < 1.29 is 0 Å². The SMILES string of the molecule is Cn1cccc1[Si](C)(C)c1cccn1C. The van der Waals surface area contributed by atoms with Crippen LogP contribution in [0.1, 0.15) is 0 Å². The highest BCUT2D eigenvalue weighted by atomic mass is 28.3. The monoisotopic (exact) mass is 218 g/mol.